The summed E-state index contributed by atoms with van der Waals surface area (Å²) in [5.74, 6) is 0.363. The first-order valence-corrected chi connectivity index (χ1v) is 6.91. The van der Waals surface area contributed by atoms with Crippen molar-refractivity contribution >= 4 is 17.5 Å². The second-order valence-electron chi connectivity index (χ2n) is 4.65. The smallest absolute Gasteiger partial charge is 0.260 e. The molecule has 0 aromatic heterocycles. The van der Waals surface area contributed by atoms with Crippen LogP contribution in [0.1, 0.15) is 18.6 Å². The van der Waals surface area contributed by atoms with Crippen LogP contribution < -0.4 is 4.74 Å². The van der Waals surface area contributed by atoms with Crippen LogP contribution in [-0.4, -0.2) is 48.8 Å². The van der Waals surface area contributed by atoms with Gasteiger partial charge in [-0.25, -0.2) is 0 Å². The third kappa shape index (κ3) is 3.85. The predicted molar refractivity (Wildman–Crippen MR) is 75.0 cm³/mol. The van der Waals surface area contributed by atoms with E-state index in [0.717, 1.165) is 0 Å². The van der Waals surface area contributed by atoms with Gasteiger partial charge >= 0.3 is 0 Å². The summed E-state index contributed by atoms with van der Waals surface area (Å²) in [7, 11) is 0. The third-order valence-corrected chi connectivity index (χ3v) is 3.45. The lowest BCUT2D eigenvalue weighted by Gasteiger charge is -2.26. The average Bonchev–Trinajstić information content (AvgIpc) is 2.46. The molecule has 0 spiro atoms. The summed E-state index contributed by atoms with van der Waals surface area (Å²) in [5, 5.41) is 9.84. The Hall–Kier alpha value is -1.30. The molecule has 0 aliphatic carbocycles. The molecule has 0 saturated carbocycles. The van der Waals surface area contributed by atoms with E-state index in [9.17, 15) is 9.90 Å². The van der Waals surface area contributed by atoms with Crippen molar-refractivity contribution in [1.29, 1.82) is 0 Å². The Morgan fingerprint density at radius 1 is 1.50 bits per heavy atom. The second kappa shape index (κ2) is 6.92. The molecule has 1 amide bonds. The predicted octanol–water partition coefficient (Wildman–Crippen LogP) is 1.63. The first-order valence-electron chi connectivity index (χ1n) is 6.54. The fourth-order valence-electron chi connectivity index (χ4n) is 1.94. The van der Waals surface area contributed by atoms with E-state index in [1.807, 2.05) is 0 Å². The molecule has 0 radical (unpaired) electrons. The van der Waals surface area contributed by atoms with Crippen molar-refractivity contribution in [3.8, 4) is 5.75 Å². The maximum atomic E-state index is 11.9. The fraction of sp³-hybridized carbons (Fsp3) is 0.500. The van der Waals surface area contributed by atoms with Crippen molar-refractivity contribution in [3.63, 3.8) is 0 Å². The van der Waals surface area contributed by atoms with Gasteiger partial charge in [-0.05, 0) is 24.6 Å². The number of ether oxygens (including phenoxy) is 2. The SMILES string of the molecule is C[C@H](O)c1ccc(OCC(=O)N2CCOCC2)c(Cl)c1. The summed E-state index contributed by atoms with van der Waals surface area (Å²) in [5.41, 5.74) is 0.710. The van der Waals surface area contributed by atoms with Crippen LogP contribution in [-0.2, 0) is 9.53 Å². The fourth-order valence-corrected chi connectivity index (χ4v) is 2.18. The highest BCUT2D eigenvalue weighted by molar-refractivity contribution is 6.32. The van der Waals surface area contributed by atoms with Gasteiger partial charge in [-0.2, -0.15) is 0 Å². The summed E-state index contributed by atoms with van der Waals surface area (Å²) in [4.78, 5) is 13.6. The Morgan fingerprint density at radius 2 is 2.20 bits per heavy atom. The minimum atomic E-state index is -0.587. The van der Waals surface area contributed by atoms with Crippen molar-refractivity contribution in [1.82, 2.24) is 4.90 Å². The number of aliphatic hydroxyl groups excluding tert-OH is 1. The van der Waals surface area contributed by atoms with E-state index < -0.39 is 6.10 Å². The van der Waals surface area contributed by atoms with E-state index in [1.165, 1.54) is 0 Å². The molecule has 1 aromatic carbocycles. The van der Waals surface area contributed by atoms with Crippen molar-refractivity contribution in [2.45, 2.75) is 13.0 Å². The van der Waals surface area contributed by atoms with Crippen LogP contribution in [0.2, 0.25) is 5.02 Å². The Labute approximate surface area is 123 Å². The van der Waals surface area contributed by atoms with Crippen LogP contribution in [0.3, 0.4) is 0 Å². The first-order chi connectivity index (χ1) is 9.58. The highest BCUT2D eigenvalue weighted by atomic mass is 35.5. The van der Waals surface area contributed by atoms with E-state index in [-0.39, 0.29) is 12.5 Å². The molecule has 1 N–H and O–H groups in total. The number of benzene rings is 1. The Morgan fingerprint density at radius 3 is 2.80 bits per heavy atom. The van der Waals surface area contributed by atoms with Crippen LogP contribution >= 0.6 is 11.6 Å². The van der Waals surface area contributed by atoms with Gasteiger partial charge in [0.1, 0.15) is 5.75 Å². The second-order valence-corrected chi connectivity index (χ2v) is 5.05. The lowest BCUT2D eigenvalue weighted by atomic mass is 10.1. The molecule has 1 fully saturated rings. The topological polar surface area (TPSA) is 59.0 Å². The molecular formula is C14H18ClNO4. The average molecular weight is 300 g/mol. The number of aliphatic hydroxyl groups is 1. The number of rotatable bonds is 4. The molecule has 0 bridgehead atoms. The molecule has 1 atom stereocenters. The van der Waals surface area contributed by atoms with Crippen molar-refractivity contribution in [3.05, 3.63) is 28.8 Å². The first kappa shape index (κ1) is 15.1. The summed E-state index contributed by atoms with van der Waals surface area (Å²) in [6, 6.07) is 5.03. The summed E-state index contributed by atoms with van der Waals surface area (Å²) < 4.78 is 10.6. The van der Waals surface area contributed by atoms with Gasteiger partial charge < -0.3 is 19.5 Å². The van der Waals surface area contributed by atoms with Gasteiger partial charge in [-0.1, -0.05) is 17.7 Å². The Balaban J connectivity index is 1.91. The molecule has 6 heteroatoms. The van der Waals surface area contributed by atoms with Crippen LogP contribution in [0, 0.1) is 0 Å². The van der Waals surface area contributed by atoms with Gasteiger partial charge in [0.2, 0.25) is 0 Å². The van der Waals surface area contributed by atoms with Gasteiger partial charge in [-0.15, -0.1) is 0 Å². The third-order valence-electron chi connectivity index (χ3n) is 3.15. The lowest BCUT2D eigenvalue weighted by Crippen LogP contribution is -2.43. The largest absolute Gasteiger partial charge is 0.482 e. The highest BCUT2D eigenvalue weighted by Gasteiger charge is 2.17. The Bertz CT molecular complexity index is 472. The lowest BCUT2D eigenvalue weighted by molar-refractivity contribution is -0.137. The molecule has 1 saturated heterocycles. The maximum Gasteiger partial charge on any atom is 0.260 e. The standard InChI is InChI=1S/C14H18ClNO4/c1-10(17)11-2-3-13(12(15)8-11)20-9-14(18)16-4-6-19-7-5-16/h2-3,8,10,17H,4-7,9H2,1H3/t10-/m0/s1. The zero-order valence-electron chi connectivity index (χ0n) is 11.3. The monoisotopic (exact) mass is 299 g/mol. The van der Waals surface area contributed by atoms with E-state index in [4.69, 9.17) is 21.1 Å². The highest BCUT2D eigenvalue weighted by Crippen LogP contribution is 2.27. The van der Waals surface area contributed by atoms with Crippen LogP contribution in [0.15, 0.2) is 18.2 Å². The summed E-state index contributed by atoms with van der Waals surface area (Å²) in [6.07, 6.45) is -0.587. The number of amides is 1. The number of nitrogens with zero attached hydrogens (tertiary/aromatic N) is 1. The van der Waals surface area contributed by atoms with E-state index in [1.54, 1.807) is 30.0 Å². The van der Waals surface area contributed by atoms with Gasteiger partial charge in [0, 0.05) is 13.1 Å². The molecular weight excluding hydrogens is 282 g/mol. The number of morpholine rings is 1. The number of hydrogen-bond donors (Lipinski definition) is 1. The Kier molecular flexibility index (Phi) is 5.23. The zero-order chi connectivity index (χ0) is 14.5. The molecule has 5 nitrogen and oxygen atoms in total. The quantitative estimate of drug-likeness (QED) is 0.918. The van der Waals surface area contributed by atoms with E-state index in [0.29, 0.717) is 42.6 Å². The molecule has 2 rings (SSSR count). The van der Waals surface area contributed by atoms with E-state index in [2.05, 4.69) is 0 Å². The molecule has 110 valence electrons. The van der Waals surface area contributed by atoms with Crippen molar-refractivity contribution in [2.24, 2.45) is 0 Å². The summed E-state index contributed by atoms with van der Waals surface area (Å²) in [6.45, 7) is 3.93. The van der Waals surface area contributed by atoms with Gasteiger partial charge in [0.25, 0.3) is 5.91 Å². The number of carbonyl (C=O) groups is 1. The molecule has 1 aromatic rings. The van der Waals surface area contributed by atoms with Crippen molar-refractivity contribution in [2.75, 3.05) is 32.9 Å². The normalized spacial score (nSPS) is 16.9. The van der Waals surface area contributed by atoms with Gasteiger partial charge in [-0.3, -0.25) is 4.79 Å². The molecule has 1 aliphatic rings. The van der Waals surface area contributed by atoms with Crippen LogP contribution in [0.25, 0.3) is 0 Å². The van der Waals surface area contributed by atoms with Gasteiger partial charge in [0.15, 0.2) is 6.61 Å². The van der Waals surface area contributed by atoms with Crippen LogP contribution in [0.4, 0.5) is 0 Å². The van der Waals surface area contributed by atoms with Gasteiger partial charge in [0.05, 0.1) is 24.3 Å². The van der Waals surface area contributed by atoms with Crippen molar-refractivity contribution < 1.29 is 19.4 Å². The minimum absolute atomic E-state index is 0.0479. The molecule has 1 aliphatic heterocycles. The molecule has 1 heterocycles. The minimum Gasteiger partial charge on any atom is -0.482 e. The summed E-state index contributed by atoms with van der Waals surface area (Å²) >= 11 is 6.06. The molecule has 20 heavy (non-hydrogen) atoms. The molecule has 0 unspecified atom stereocenters. The number of hydrogen-bond acceptors (Lipinski definition) is 4. The zero-order valence-corrected chi connectivity index (χ0v) is 12.1. The van der Waals surface area contributed by atoms with Crippen LogP contribution in [0.5, 0.6) is 5.75 Å². The number of halogens is 1. The van der Waals surface area contributed by atoms with E-state index >= 15 is 0 Å². The number of carbonyl (C=O) groups excluding carboxylic acids is 1. The maximum absolute atomic E-state index is 11.9.